The van der Waals surface area contributed by atoms with Gasteiger partial charge in [-0.05, 0) is 37.9 Å². The molecule has 0 saturated carbocycles. The first-order valence-electron chi connectivity index (χ1n) is 7.29. The van der Waals surface area contributed by atoms with Crippen LogP contribution in [-0.2, 0) is 0 Å². The molecular weight excluding hydrogens is 273 g/mol. The van der Waals surface area contributed by atoms with E-state index < -0.39 is 5.82 Å². The molecule has 4 nitrogen and oxygen atoms in total. The summed E-state index contributed by atoms with van der Waals surface area (Å²) >= 11 is 0. The van der Waals surface area contributed by atoms with E-state index in [0.717, 1.165) is 19.5 Å². The van der Waals surface area contributed by atoms with Gasteiger partial charge in [-0.25, -0.2) is 4.39 Å². The Morgan fingerprint density at radius 1 is 1.57 bits per heavy atom. The standard InChI is InChI=1S/C16H22FNO3/c1-11(19)12-6-8-18(10-12)9-7-14(20)16-13(17)4-3-5-15(16)21-2/h3-5,11-12,19H,6-10H2,1-2H3. The lowest BCUT2D eigenvalue weighted by molar-refractivity contribution is 0.0956. The molecule has 1 aliphatic rings. The number of benzene rings is 1. The lowest BCUT2D eigenvalue weighted by Gasteiger charge is -2.17. The predicted octanol–water partition coefficient (Wildman–Crippen LogP) is 2.11. The predicted molar refractivity (Wildman–Crippen MR) is 78.1 cm³/mol. The second-order valence-corrected chi connectivity index (χ2v) is 5.58. The number of Topliss-reactive ketones (excluding diaryl/α,β-unsaturated/α-hetero) is 1. The van der Waals surface area contributed by atoms with Crippen LogP contribution in [0.25, 0.3) is 0 Å². The van der Waals surface area contributed by atoms with Gasteiger partial charge in [0.25, 0.3) is 0 Å². The Morgan fingerprint density at radius 3 is 2.95 bits per heavy atom. The Kier molecular flexibility index (Phi) is 5.31. The van der Waals surface area contributed by atoms with Crippen LogP contribution in [0, 0.1) is 11.7 Å². The normalized spacial score (nSPS) is 20.5. The number of ether oxygens (including phenoxy) is 1. The summed E-state index contributed by atoms with van der Waals surface area (Å²) in [5.74, 6) is -0.237. The van der Waals surface area contributed by atoms with Crippen molar-refractivity contribution >= 4 is 5.78 Å². The van der Waals surface area contributed by atoms with E-state index in [-0.39, 0.29) is 35.5 Å². The van der Waals surface area contributed by atoms with Crippen molar-refractivity contribution in [1.29, 1.82) is 0 Å². The third kappa shape index (κ3) is 3.80. The number of carbonyl (C=O) groups excluding carboxylic acids is 1. The second kappa shape index (κ2) is 7.00. The van der Waals surface area contributed by atoms with Crippen LogP contribution in [0.3, 0.4) is 0 Å². The van der Waals surface area contributed by atoms with Gasteiger partial charge in [0.15, 0.2) is 5.78 Å². The van der Waals surface area contributed by atoms with E-state index in [2.05, 4.69) is 4.90 Å². The minimum Gasteiger partial charge on any atom is -0.496 e. The van der Waals surface area contributed by atoms with E-state index >= 15 is 0 Å². The molecule has 2 unspecified atom stereocenters. The number of aliphatic hydroxyl groups excluding tert-OH is 1. The number of carbonyl (C=O) groups is 1. The molecule has 1 aromatic carbocycles. The molecule has 2 rings (SSSR count). The van der Waals surface area contributed by atoms with Gasteiger partial charge in [-0.2, -0.15) is 0 Å². The van der Waals surface area contributed by atoms with Gasteiger partial charge in [0.05, 0.1) is 18.8 Å². The number of hydrogen-bond acceptors (Lipinski definition) is 4. The molecule has 1 heterocycles. The van der Waals surface area contributed by atoms with Crippen molar-refractivity contribution < 1.29 is 19.0 Å². The van der Waals surface area contributed by atoms with E-state index in [1.807, 2.05) is 0 Å². The van der Waals surface area contributed by atoms with Crippen LogP contribution in [0.4, 0.5) is 4.39 Å². The molecular formula is C16H22FNO3. The van der Waals surface area contributed by atoms with E-state index in [1.54, 1.807) is 13.0 Å². The fraction of sp³-hybridized carbons (Fsp3) is 0.562. The number of likely N-dealkylation sites (tertiary alicyclic amines) is 1. The molecule has 1 saturated heterocycles. The van der Waals surface area contributed by atoms with Crippen LogP contribution in [-0.4, -0.2) is 48.6 Å². The van der Waals surface area contributed by atoms with Crippen LogP contribution in [0.1, 0.15) is 30.1 Å². The molecule has 1 N–H and O–H groups in total. The third-order valence-corrected chi connectivity index (χ3v) is 4.12. The minimum absolute atomic E-state index is 0.0336. The average molecular weight is 295 g/mol. The molecule has 0 aromatic heterocycles. The summed E-state index contributed by atoms with van der Waals surface area (Å²) in [7, 11) is 1.43. The zero-order chi connectivity index (χ0) is 15.4. The van der Waals surface area contributed by atoms with Crippen molar-refractivity contribution in [3.8, 4) is 5.75 Å². The highest BCUT2D eigenvalue weighted by atomic mass is 19.1. The first-order chi connectivity index (χ1) is 10.0. The van der Waals surface area contributed by atoms with Crippen LogP contribution < -0.4 is 4.74 Å². The SMILES string of the molecule is COc1cccc(F)c1C(=O)CCN1CCC(C(C)O)C1. The highest BCUT2D eigenvalue weighted by Gasteiger charge is 2.26. The molecule has 0 bridgehead atoms. The Balaban J connectivity index is 1.94. The van der Waals surface area contributed by atoms with E-state index in [1.165, 1.54) is 19.2 Å². The van der Waals surface area contributed by atoms with Crippen molar-refractivity contribution in [1.82, 2.24) is 4.90 Å². The van der Waals surface area contributed by atoms with Crippen molar-refractivity contribution in [2.45, 2.75) is 25.9 Å². The Hall–Kier alpha value is -1.46. The van der Waals surface area contributed by atoms with E-state index in [9.17, 15) is 14.3 Å². The maximum absolute atomic E-state index is 13.8. The Morgan fingerprint density at radius 2 is 2.33 bits per heavy atom. The maximum atomic E-state index is 13.8. The Labute approximate surface area is 124 Å². The second-order valence-electron chi connectivity index (χ2n) is 5.58. The summed E-state index contributed by atoms with van der Waals surface area (Å²) in [5.41, 5.74) is 0.0336. The van der Waals surface area contributed by atoms with E-state index in [0.29, 0.717) is 6.54 Å². The fourth-order valence-corrected chi connectivity index (χ4v) is 2.79. The first-order valence-corrected chi connectivity index (χ1v) is 7.29. The highest BCUT2D eigenvalue weighted by molar-refractivity contribution is 5.99. The quantitative estimate of drug-likeness (QED) is 0.817. The van der Waals surface area contributed by atoms with Crippen molar-refractivity contribution in [2.24, 2.45) is 5.92 Å². The monoisotopic (exact) mass is 295 g/mol. The summed E-state index contributed by atoms with van der Waals surface area (Å²) in [5, 5.41) is 9.57. The van der Waals surface area contributed by atoms with E-state index in [4.69, 9.17) is 4.74 Å². The first kappa shape index (κ1) is 15.9. The molecule has 0 spiro atoms. The molecule has 0 radical (unpaired) electrons. The molecule has 5 heteroatoms. The van der Waals surface area contributed by atoms with Gasteiger partial charge >= 0.3 is 0 Å². The van der Waals surface area contributed by atoms with Gasteiger partial charge in [0.1, 0.15) is 11.6 Å². The van der Waals surface area contributed by atoms with Crippen LogP contribution in [0.15, 0.2) is 18.2 Å². The largest absolute Gasteiger partial charge is 0.496 e. The maximum Gasteiger partial charge on any atom is 0.170 e. The smallest absolute Gasteiger partial charge is 0.170 e. The number of hydrogen-bond donors (Lipinski definition) is 1. The van der Waals surface area contributed by atoms with Gasteiger partial charge in [0.2, 0.25) is 0 Å². The third-order valence-electron chi connectivity index (χ3n) is 4.12. The van der Waals surface area contributed by atoms with Gasteiger partial charge in [0, 0.05) is 19.5 Å². The van der Waals surface area contributed by atoms with Gasteiger partial charge in [-0.1, -0.05) is 6.07 Å². The number of nitrogens with zero attached hydrogens (tertiary/aromatic N) is 1. The Bertz CT molecular complexity index is 504. The van der Waals surface area contributed by atoms with Gasteiger partial charge in [-0.3, -0.25) is 4.79 Å². The average Bonchev–Trinajstić information content (AvgIpc) is 2.93. The van der Waals surface area contributed by atoms with Crippen molar-refractivity contribution in [3.05, 3.63) is 29.6 Å². The lowest BCUT2D eigenvalue weighted by atomic mass is 10.0. The molecule has 1 aromatic rings. The summed E-state index contributed by atoms with van der Waals surface area (Å²) in [6.45, 7) is 4.04. The molecule has 2 atom stereocenters. The molecule has 0 aliphatic carbocycles. The number of rotatable bonds is 6. The number of halogens is 1. The fourth-order valence-electron chi connectivity index (χ4n) is 2.79. The zero-order valence-electron chi connectivity index (χ0n) is 12.5. The molecule has 116 valence electrons. The summed E-state index contributed by atoms with van der Waals surface area (Å²) in [6.07, 6.45) is 0.871. The van der Waals surface area contributed by atoms with Crippen LogP contribution in [0.2, 0.25) is 0 Å². The molecule has 21 heavy (non-hydrogen) atoms. The topological polar surface area (TPSA) is 49.8 Å². The van der Waals surface area contributed by atoms with Gasteiger partial charge in [-0.15, -0.1) is 0 Å². The number of aliphatic hydroxyl groups is 1. The van der Waals surface area contributed by atoms with Crippen molar-refractivity contribution in [2.75, 3.05) is 26.7 Å². The summed E-state index contributed by atoms with van der Waals surface area (Å²) < 4.78 is 18.9. The molecule has 0 amide bonds. The van der Waals surface area contributed by atoms with Crippen LogP contribution in [0.5, 0.6) is 5.75 Å². The number of methoxy groups -OCH3 is 1. The van der Waals surface area contributed by atoms with Crippen molar-refractivity contribution in [3.63, 3.8) is 0 Å². The molecule has 1 aliphatic heterocycles. The number of ketones is 1. The summed E-state index contributed by atoms with van der Waals surface area (Å²) in [4.78, 5) is 14.4. The highest BCUT2D eigenvalue weighted by Crippen LogP contribution is 2.24. The zero-order valence-corrected chi connectivity index (χ0v) is 12.5. The summed E-state index contributed by atoms with van der Waals surface area (Å²) in [6, 6.07) is 4.39. The minimum atomic E-state index is -0.539. The van der Waals surface area contributed by atoms with Gasteiger partial charge < -0.3 is 14.7 Å². The van der Waals surface area contributed by atoms with Crippen LogP contribution >= 0.6 is 0 Å². The molecule has 1 fully saturated rings. The lowest BCUT2D eigenvalue weighted by Crippen LogP contribution is -2.26.